The highest BCUT2D eigenvalue weighted by Gasteiger charge is 2.33. The number of amides is 1. The zero-order valence-electron chi connectivity index (χ0n) is 11.1. The molecule has 1 amide bonds. The van der Waals surface area contributed by atoms with Gasteiger partial charge < -0.3 is 14.6 Å². The monoisotopic (exact) mass is 281 g/mol. The van der Waals surface area contributed by atoms with E-state index in [9.17, 15) is 19.7 Å². The second kappa shape index (κ2) is 4.95. The van der Waals surface area contributed by atoms with Crippen LogP contribution in [0.25, 0.3) is 0 Å². The van der Waals surface area contributed by atoms with Crippen LogP contribution in [0.5, 0.6) is 0 Å². The first-order chi connectivity index (χ1) is 9.32. The lowest BCUT2D eigenvalue weighted by molar-refractivity contribution is -0.384. The molecule has 1 aliphatic carbocycles. The van der Waals surface area contributed by atoms with Gasteiger partial charge in [0.15, 0.2) is 0 Å². The van der Waals surface area contributed by atoms with Gasteiger partial charge in [-0.2, -0.15) is 0 Å². The Hall–Kier alpha value is -2.38. The highest BCUT2D eigenvalue weighted by Crippen LogP contribution is 2.38. The van der Waals surface area contributed by atoms with Crippen molar-refractivity contribution in [1.82, 2.24) is 9.47 Å². The fraction of sp³-hybridized carbons (Fsp3) is 0.500. The molecule has 108 valence electrons. The smallest absolute Gasteiger partial charge is 0.326 e. The van der Waals surface area contributed by atoms with E-state index < -0.39 is 22.8 Å². The van der Waals surface area contributed by atoms with Crippen molar-refractivity contribution < 1.29 is 19.6 Å². The number of aromatic nitrogens is 1. The summed E-state index contributed by atoms with van der Waals surface area (Å²) in [7, 11) is 1.37. The molecule has 8 heteroatoms. The van der Waals surface area contributed by atoms with Gasteiger partial charge in [0.1, 0.15) is 11.7 Å². The Balaban J connectivity index is 2.33. The summed E-state index contributed by atoms with van der Waals surface area (Å²) in [5.74, 6) is -1.65. The highest BCUT2D eigenvalue weighted by molar-refractivity contribution is 5.95. The van der Waals surface area contributed by atoms with E-state index in [1.54, 1.807) is 4.57 Å². The summed E-state index contributed by atoms with van der Waals surface area (Å²) in [6, 6.07) is 0.298. The van der Waals surface area contributed by atoms with E-state index in [-0.39, 0.29) is 17.4 Å². The molecule has 1 aromatic rings. The molecule has 8 nitrogen and oxygen atoms in total. The molecule has 1 aromatic heterocycles. The van der Waals surface area contributed by atoms with Gasteiger partial charge in [0, 0.05) is 19.2 Å². The first-order valence-corrected chi connectivity index (χ1v) is 6.19. The lowest BCUT2D eigenvalue weighted by Gasteiger charge is -2.21. The third-order valence-electron chi connectivity index (χ3n) is 3.46. The van der Waals surface area contributed by atoms with Crippen molar-refractivity contribution in [3.63, 3.8) is 0 Å². The number of nitro groups is 1. The van der Waals surface area contributed by atoms with Crippen LogP contribution >= 0.6 is 0 Å². The molecular formula is C12H15N3O5. The molecule has 0 aliphatic heterocycles. The lowest BCUT2D eigenvalue weighted by Crippen LogP contribution is -2.40. The van der Waals surface area contributed by atoms with E-state index >= 15 is 0 Å². The maximum Gasteiger partial charge on any atom is 0.326 e. The summed E-state index contributed by atoms with van der Waals surface area (Å²) in [6.45, 7) is 1.39. The van der Waals surface area contributed by atoms with Crippen LogP contribution in [0.1, 0.15) is 36.3 Å². The standard InChI is InChI=1S/C12H15N3O5/c1-7(12(17)18)13(2)11(16)10-5-9(15(19)20)6-14(10)8-3-4-8/h5-8H,3-4H2,1-2H3,(H,17,18). The third kappa shape index (κ3) is 2.49. The van der Waals surface area contributed by atoms with Crippen molar-refractivity contribution in [1.29, 1.82) is 0 Å². The van der Waals surface area contributed by atoms with Gasteiger partial charge in [-0.25, -0.2) is 4.79 Å². The molecule has 1 atom stereocenters. The SMILES string of the molecule is CC(C(=O)O)N(C)C(=O)c1cc([N+](=O)[O-])cn1C1CC1. The average Bonchev–Trinajstić information content (AvgIpc) is 3.14. The van der Waals surface area contributed by atoms with Crippen molar-refractivity contribution in [3.05, 3.63) is 28.1 Å². The molecule has 20 heavy (non-hydrogen) atoms. The van der Waals surface area contributed by atoms with E-state index in [2.05, 4.69) is 0 Å². The Morgan fingerprint density at radius 1 is 1.55 bits per heavy atom. The van der Waals surface area contributed by atoms with Crippen LogP contribution in [-0.2, 0) is 4.79 Å². The lowest BCUT2D eigenvalue weighted by atomic mass is 10.2. The number of carboxylic acid groups (broad SMARTS) is 1. The first kappa shape index (κ1) is 14.0. The van der Waals surface area contributed by atoms with Gasteiger partial charge >= 0.3 is 5.97 Å². The van der Waals surface area contributed by atoms with Crippen LogP contribution in [0.4, 0.5) is 5.69 Å². The van der Waals surface area contributed by atoms with Gasteiger partial charge in [-0.05, 0) is 19.8 Å². The molecule has 0 spiro atoms. The average molecular weight is 281 g/mol. The predicted octanol–water partition coefficient (Wildman–Crippen LogP) is 1.28. The summed E-state index contributed by atoms with van der Waals surface area (Å²) in [4.78, 5) is 34.5. The number of nitrogens with zero attached hydrogens (tertiary/aromatic N) is 3. The van der Waals surface area contributed by atoms with Crippen LogP contribution < -0.4 is 0 Å². The van der Waals surface area contributed by atoms with Crippen molar-refractivity contribution in [3.8, 4) is 0 Å². The minimum absolute atomic E-state index is 0.0937. The predicted molar refractivity (Wildman–Crippen MR) is 68.5 cm³/mol. The molecular weight excluding hydrogens is 266 g/mol. The van der Waals surface area contributed by atoms with Gasteiger partial charge in [-0.3, -0.25) is 14.9 Å². The van der Waals surface area contributed by atoms with Gasteiger partial charge in [-0.15, -0.1) is 0 Å². The Bertz CT molecular complexity index is 576. The molecule has 2 rings (SSSR count). The van der Waals surface area contributed by atoms with E-state index in [0.717, 1.165) is 17.7 Å². The molecule has 1 aliphatic rings. The zero-order chi connectivity index (χ0) is 15.0. The second-order valence-corrected chi connectivity index (χ2v) is 4.91. The molecule has 0 bridgehead atoms. The molecule has 1 heterocycles. The van der Waals surface area contributed by atoms with Gasteiger partial charge in [0.2, 0.25) is 0 Å². The van der Waals surface area contributed by atoms with Gasteiger partial charge in [-0.1, -0.05) is 0 Å². The number of carbonyl (C=O) groups excluding carboxylic acids is 1. The minimum atomic E-state index is -1.13. The van der Waals surface area contributed by atoms with Crippen molar-refractivity contribution in [2.45, 2.75) is 31.8 Å². The van der Waals surface area contributed by atoms with Crippen LogP contribution in [0, 0.1) is 10.1 Å². The third-order valence-corrected chi connectivity index (χ3v) is 3.46. The minimum Gasteiger partial charge on any atom is -0.480 e. The number of aliphatic carboxylic acids is 1. The number of hydrogen-bond acceptors (Lipinski definition) is 4. The Kier molecular flexibility index (Phi) is 3.47. The van der Waals surface area contributed by atoms with E-state index in [0.29, 0.717) is 0 Å². The fourth-order valence-electron chi connectivity index (χ4n) is 1.91. The Labute approximate surface area is 114 Å². The highest BCUT2D eigenvalue weighted by atomic mass is 16.6. The quantitative estimate of drug-likeness (QED) is 0.646. The number of carbonyl (C=O) groups is 2. The number of carboxylic acids is 1. The van der Waals surface area contributed by atoms with Gasteiger partial charge in [0.05, 0.1) is 11.1 Å². The summed E-state index contributed by atoms with van der Waals surface area (Å²) < 4.78 is 1.57. The summed E-state index contributed by atoms with van der Waals surface area (Å²) in [5, 5.41) is 19.7. The molecule has 1 N–H and O–H groups in total. The normalized spacial score (nSPS) is 15.7. The van der Waals surface area contributed by atoms with E-state index in [1.165, 1.54) is 26.2 Å². The molecule has 0 aromatic carbocycles. The van der Waals surface area contributed by atoms with Gasteiger partial charge in [0.25, 0.3) is 11.6 Å². The zero-order valence-corrected chi connectivity index (χ0v) is 11.1. The largest absolute Gasteiger partial charge is 0.480 e. The van der Waals surface area contributed by atoms with E-state index in [4.69, 9.17) is 5.11 Å². The van der Waals surface area contributed by atoms with Crippen molar-refractivity contribution >= 4 is 17.6 Å². The van der Waals surface area contributed by atoms with Crippen molar-refractivity contribution in [2.24, 2.45) is 0 Å². The maximum absolute atomic E-state index is 12.3. The van der Waals surface area contributed by atoms with Crippen molar-refractivity contribution in [2.75, 3.05) is 7.05 Å². The second-order valence-electron chi connectivity index (χ2n) is 4.91. The topological polar surface area (TPSA) is 106 Å². The first-order valence-electron chi connectivity index (χ1n) is 6.19. The molecule has 1 saturated carbocycles. The van der Waals surface area contributed by atoms with Crippen LogP contribution in [0.15, 0.2) is 12.3 Å². The molecule has 0 saturated heterocycles. The Morgan fingerprint density at radius 2 is 2.15 bits per heavy atom. The van der Waals surface area contributed by atoms with Crippen LogP contribution in [0.2, 0.25) is 0 Å². The molecule has 1 unspecified atom stereocenters. The molecule has 1 fully saturated rings. The van der Waals surface area contributed by atoms with Crippen LogP contribution in [-0.4, -0.2) is 44.5 Å². The number of hydrogen-bond donors (Lipinski definition) is 1. The summed E-state index contributed by atoms with van der Waals surface area (Å²) in [6.07, 6.45) is 3.07. The summed E-state index contributed by atoms with van der Waals surface area (Å²) in [5.41, 5.74) is 0.00595. The fourth-order valence-corrected chi connectivity index (χ4v) is 1.91. The van der Waals surface area contributed by atoms with Crippen LogP contribution in [0.3, 0.4) is 0 Å². The number of rotatable bonds is 5. The Morgan fingerprint density at radius 3 is 2.60 bits per heavy atom. The molecule has 0 radical (unpaired) electrons. The maximum atomic E-state index is 12.3. The number of likely N-dealkylation sites (N-methyl/N-ethyl adjacent to an activating group) is 1. The van der Waals surface area contributed by atoms with E-state index in [1.807, 2.05) is 0 Å². The summed E-state index contributed by atoms with van der Waals surface area (Å²) >= 11 is 0.